The number of carbonyl (C=O) groups excluding carboxylic acids is 1. The molecule has 0 spiro atoms. The first-order valence-electron chi connectivity index (χ1n) is 7.89. The molecule has 7 heteroatoms. The van der Waals surface area contributed by atoms with Gasteiger partial charge in [0.2, 0.25) is 5.91 Å². The number of halogens is 2. The van der Waals surface area contributed by atoms with E-state index < -0.39 is 0 Å². The average molecular weight is 407 g/mol. The van der Waals surface area contributed by atoms with Gasteiger partial charge in [0.15, 0.2) is 5.13 Å². The molecular weight excluding hydrogens is 391 g/mol. The molecule has 2 aromatic carbocycles. The van der Waals surface area contributed by atoms with E-state index in [0.29, 0.717) is 28.0 Å². The number of aryl methyl sites for hydroxylation is 1. The third kappa shape index (κ3) is 4.75. The summed E-state index contributed by atoms with van der Waals surface area (Å²) < 4.78 is 5.12. The minimum absolute atomic E-state index is 0.0733. The fourth-order valence-corrected chi connectivity index (χ4v) is 3.38. The summed E-state index contributed by atoms with van der Waals surface area (Å²) in [6.07, 6.45) is 1.04. The van der Waals surface area contributed by atoms with Gasteiger partial charge in [0.25, 0.3) is 0 Å². The number of thiazole rings is 1. The molecule has 3 rings (SSSR count). The molecule has 4 nitrogen and oxygen atoms in total. The summed E-state index contributed by atoms with van der Waals surface area (Å²) in [4.78, 5) is 16.6. The van der Waals surface area contributed by atoms with Gasteiger partial charge in [0, 0.05) is 17.4 Å². The Hall–Kier alpha value is -2.08. The summed E-state index contributed by atoms with van der Waals surface area (Å²) in [5.41, 5.74) is 2.69. The number of aromatic nitrogens is 1. The minimum Gasteiger partial charge on any atom is -0.497 e. The molecule has 0 radical (unpaired) electrons. The highest BCUT2D eigenvalue weighted by Crippen LogP contribution is 2.30. The first kappa shape index (κ1) is 18.7. The van der Waals surface area contributed by atoms with Gasteiger partial charge in [-0.3, -0.25) is 4.79 Å². The summed E-state index contributed by atoms with van der Waals surface area (Å²) in [6, 6.07) is 13.0. The van der Waals surface area contributed by atoms with Crippen molar-refractivity contribution in [2.45, 2.75) is 12.8 Å². The summed E-state index contributed by atoms with van der Waals surface area (Å²) in [5, 5.41) is 6.24. The average Bonchev–Trinajstić information content (AvgIpc) is 3.11. The number of hydrogen-bond acceptors (Lipinski definition) is 4. The van der Waals surface area contributed by atoms with E-state index >= 15 is 0 Å². The standard InChI is InChI=1S/C19H16Cl2N2O2S/c1-25-14-6-2-12(3-7-14)4-9-18(24)23-19-22-17(11-26-19)13-5-8-15(20)16(21)10-13/h2-3,5-8,10-11H,4,9H2,1H3,(H,22,23,24). The van der Waals surface area contributed by atoms with Gasteiger partial charge >= 0.3 is 0 Å². The van der Waals surface area contributed by atoms with Crippen LogP contribution < -0.4 is 10.1 Å². The lowest BCUT2D eigenvalue weighted by Gasteiger charge is -2.04. The zero-order valence-corrected chi connectivity index (χ0v) is 16.3. The maximum Gasteiger partial charge on any atom is 0.226 e. The predicted molar refractivity (Wildman–Crippen MR) is 108 cm³/mol. The number of nitrogens with one attached hydrogen (secondary N) is 1. The Labute approximate surface area is 165 Å². The van der Waals surface area contributed by atoms with E-state index in [2.05, 4.69) is 10.3 Å². The predicted octanol–water partition coefficient (Wildman–Crippen LogP) is 5.70. The van der Waals surface area contributed by atoms with Gasteiger partial charge in [-0.15, -0.1) is 11.3 Å². The van der Waals surface area contributed by atoms with Crippen LogP contribution in [0.3, 0.4) is 0 Å². The third-order valence-corrected chi connectivity index (χ3v) is 5.26. The van der Waals surface area contributed by atoms with Crippen LogP contribution in [-0.4, -0.2) is 18.0 Å². The molecule has 0 atom stereocenters. The van der Waals surface area contributed by atoms with Gasteiger partial charge < -0.3 is 10.1 Å². The van der Waals surface area contributed by atoms with Crippen LogP contribution in [0.2, 0.25) is 10.0 Å². The molecule has 1 amide bonds. The highest BCUT2D eigenvalue weighted by atomic mass is 35.5. The van der Waals surface area contributed by atoms with Crippen molar-refractivity contribution in [3.63, 3.8) is 0 Å². The van der Waals surface area contributed by atoms with Crippen LogP contribution in [0.25, 0.3) is 11.3 Å². The number of anilines is 1. The molecule has 134 valence electrons. The Morgan fingerprint density at radius 2 is 1.92 bits per heavy atom. The van der Waals surface area contributed by atoms with Gasteiger partial charge in [-0.2, -0.15) is 0 Å². The van der Waals surface area contributed by atoms with Crippen molar-refractivity contribution in [1.29, 1.82) is 0 Å². The van der Waals surface area contributed by atoms with Crippen LogP contribution >= 0.6 is 34.5 Å². The van der Waals surface area contributed by atoms with Crippen molar-refractivity contribution in [3.05, 3.63) is 63.5 Å². The summed E-state index contributed by atoms with van der Waals surface area (Å²) in [5.74, 6) is 0.728. The van der Waals surface area contributed by atoms with Crippen molar-refractivity contribution in [2.24, 2.45) is 0 Å². The maximum atomic E-state index is 12.1. The number of ether oxygens (including phenoxy) is 1. The molecule has 0 unspecified atom stereocenters. The van der Waals surface area contributed by atoms with Crippen LogP contribution in [0.15, 0.2) is 47.8 Å². The van der Waals surface area contributed by atoms with Crippen molar-refractivity contribution < 1.29 is 9.53 Å². The van der Waals surface area contributed by atoms with E-state index in [1.165, 1.54) is 11.3 Å². The second-order valence-corrected chi connectivity index (χ2v) is 7.24. The molecule has 0 aliphatic heterocycles. The Balaban J connectivity index is 1.57. The van der Waals surface area contributed by atoms with Crippen LogP contribution in [0, 0.1) is 0 Å². The van der Waals surface area contributed by atoms with E-state index in [1.54, 1.807) is 19.2 Å². The molecule has 1 aromatic heterocycles. The summed E-state index contributed by atoms with van der Waals surface area (Å²) in [7, 11) is 1.63. The number of nitrogens with zero attached hydrogens (tertiary/aromatic N) is 1. The van der Waals surface area contributed by atoms with Crippen molar-refractivity contribution >= 4 is 45.6 Å². The monoisotopic (exact) mass is 406 g/mol. The number of hydrogen-bond donors (Lipinski definition) is 1. The van der Waals surface area contributed by atoms with Gasteiger partial charge in [0.1, 0.15) is 5.75 Å². The molecule has 0 aliphatic carbocycles. The first-order valence-corrected chi connectivity index (χ1v) is 9.52. The van der Waals surface area contributed by atoms with E-state index in [-0.39, 0.29) is 5.91 Å². The molecule has 0 aliphatic rings. The van der Waals surface area contributed by atoms with E-state index in [1.807, 2.05) is 35.7 Å². The molecule has 0 saturated heterocycles. The van der Waals surface area contributed by atoms with Crippen LogP contribution in [0.5, 0.6) is 5.75 Å². The number of methoxy groups -OCH3 is 1. The van der Waals surface area contributed by atoms with Gasteiger partial charge in [-0.25, -0.2) is 4.98 Å². The SMILES string of the molecule is COc1ccc(CCC(=O)Nc2nc(-c3ccc(Cl)c(Cl)c3)cs2)cc1. The Morgan fingerprint density at radius 3 is 2.62 bits per heavy atom. The lowest BCUT2D eigenvalue weighted by atomic mass is 10.1. The summed E-state index contributed by atoms with van der Waals surface area (Å²) in [6.45, 7) is 0. The second kappa shape index (κ2) is 8.54. The lowest BCUT2D eigenvalue weighted by molar-refractivity contribution is -0.116. The van der Waals surface area contributed by atoms with Crippen LogP contribution in [-0.2, 0) is 11.2 Å². The molecule has 0 bridgehead atoms. The molecule has 1 N–H and O–H groups in total. The van der Waals surface area contributed by atoms with Gasteiger partial charge in [-0.05, 0) is 36.2 Å². The smallest absolute Gasteiger partial charge is 0.226 e. The molecule has 26 heavy (non-hydrogen) atoms. The Morgan fingerprint density at radius 1 is 1.15 bits per heavy atom. The third-order valence-electron chi connectivity index (χ3n) is 3.77. The Kier molecular flexibility index (Phi) is 6.14. The molecule has 1 heterocycles. The van der Waals surface area contributed by atoms with E-state index in [0.717, 1.165) is 22.6 Å². The molecule has 0 saturated carbocycles. The van der Waals surface area contributed by atoms with Crippen LogP contribution in [0.4, 0.5) is 5.13 Å². The van der Waals surface area contributed by atoms with Gasteiger partial charge in [-0.1, -0.05) is 41.4 Å². The fourth-order valence-electron chi connectivity index (χ4n) is 2.35. The lowest BCUT2D eigenvalue weighted by Crippen LogP contribution is -2.12. The van der Waals surface area contributed by atoms with Crippen molar-refractivity contribution in [1.82, 2.24) is 4.98 Å². The summed E-state index contributed by atoms with van der Waals surface area (Å²) >= 11 is 13.3. The number of benzene rings is 2. The quantitative estimate of drug-likeness (QED) is 0.571. The van der Waals surface area contributed by atoms with Crippen LogP contribution in [0.1, 0.15) is 12.0 Å². The van der Waals surface area contributed by atoms with Crippen molar-refractivity contribution in [2.75, 3.05) is 12.4 Å². The highest BCUT2D eigenvalue weighted by Gasteiger charge is 2.10. The van der Waals surface area contributed by atoms with Gasteiger partial charge in [0.05, 0.1) is 22.8 Å². The molecule has 3 aromatic rings. The molecule has 0 fully saturated rings. The highest BCUT2D eigenvalue weighted by molar-refractivity contribution is 7.14. The first-order chi connectivity index (χ1) is 12.5. The normalized spacial score (nSPS) is 10.6. The minimum atomic E-state index is -0.0733. The second-order valence-electron chi connectivity index (χ2n) is 5.56. The zero-order chi connectivity index (χ0) is 18.5. The topological polar surface area (TPSA) is 51.2 Å². The van der Waals surface area contributed by atoms with Crippen molar-refractivity contribution in [3.8, 4) is 17.0 Å². The maximum absolute atomic E-state index is 12.1. The molecular formula is C19H16Cl2N2O2S. The Bertz CT molecular complexity index is 910. The van der Waals surface area contributed by atoms with E-state index in [9.17, 15) is 4.79 Å². The largest absolute Gasteiger partial charge is 0.497 e. The fraction of sp³-hybridized carbons (Fsp3) is 0.158. The number of amides is 1. The van der Waals surface area contributed by atoms with E-state index in [4.69, 9.17) is 27.9 Å². The number of carbonyl (C=O) groups is 1. The zero-order valence-electron chi connectivity index (χ0n) is 14.0. The number of rotatable bonds is 6.